The molecule has 2 unspecified atom stereocenters. The van der Waals surface area contributed by atoms with Gasteiger partial charge in [-0.2, -0.15) is 13.2 Å². The number of nitrogens with zero attached hydrogens (tertiary/aromatic N) is 3. The highest BCUT2D eigenvalue weighted by Gasteiger charge is 2.44. The quantitative estimate of drug-likeness (QED) is 0.830. The molecule has 2 rings (SSSR count). The van der Waals surface area contributed by atoms with Gasteiger partial charge in [0.1, 0.15) is 0 Å². The standard InChI is InChI=1S/C9H10F3N3O3/c1-4-7(16)15(8(17)14(4)2)6-3-5(13-18-6)9(10,11)12/h3-4,7,16H,1-2H3. The van der Waals surface area contributed by atoms with Crippen molar-refractivity contribution in [1.29, 1.82) is 0 Å². The summed E-state index contributed by atoms with van der Waals surface area (Å²) in [5, 5.41) is 12.6. The first-order chi connectivity index (χ1) is 8.23. The molecule has 1 aliphatic rings. The Bertz CT molecular complexity index is 473. The minimum absolute atomic E-state index is 0.434. The van der Waals surface area contributed by atoms with E-state index < -0.39 is 36.1 Å². The van der Waals surface area contributed by atoms with Gasteiger partial charge in [-0.25, -0.2) is 9.69 Å². The van der Waals surface area contributed by atoms with E-state index in [2.05, 4.69) is 9.68 Å². The van der Waals surface area contributed by atoms with Gasteiger partial charge in [-0.15, -0.1) is 0 Å². The molecule has 0 radical (unpaired) electrons. The van der Waals surface area contributed by atoms with E-state index in [4.69, 9.17) is 0 Å². The molecular weight excluding hydrogens is 255 g/mol. The first kappa shape index (κ1) is 12.7. The second-order valence-corrected chi connectivity index (χ2v) is 3.97. The fraction of sp³-hybridized carbons (Fsp3) is 0.556. The molecule has 2 amide bonds. The van der Waals surface area contributed by atoms with E-state index >= 15 is 0 Å². The monoisotopic (exact) mass is 265 g/mol. The van der Waals surface area contributed by atoms with Crippen LogP contribution in [-0.4, -0.2) is 40.5 Å². The third-order valence-electron chi connectivity index (χ3n) is 2.84. The fourth-order valence-electron chi connectivity index (χ4n) is 1.61. The Kier molecular flexibility index (Phi) is 2.73. The molecule has 1 N–H and O–H groups in total. The maximum Gasteiger partial charge on any atom is 0.436 e. The van der Waals surface area contributed by atoms with Crippen molar-refractivity contribution in [2.45, 2.75) is 25.4 Å². The number of aliphatic hydroxyl groups is 1. The lowest BCUT2D eigenvalue weighted by Gasteiger charge is -2.15. The Morgan fingerprint density at radius 3 is 2.50 bits per heavy atom. The van der Waals surface area contributed by atoms with Crippen molar-refractivity contribution in [3.05, 3.63) is 11.8 Å². The second kappa shape index (κ2) is 3.87. The molecule has 0 saturated carbocycles. The fourth-order valence-corrected chi connectivity index (χ4v) is 1.61. The van der Waals surface area contributed by atoms with Gasteiger partial charge in [-0.05, 0) is 6.92 Å². The summed E-state index contributed by atoms with van der Waals surface area (Å²) >= 11 is 0. The molecule has 0 aliphatic carbocycles. The molecule has 0 aromatic carbocycles. The minimum Gasteiger partial charge on any atom is -0.371 e. The molecule has 1 saturated heterocycles. The van der Waals surface area contributed by atoms with Gasteiger partial charge < -0.3 is 14.5 Å². The Morgan fingerprint density at radius 2 is 2.11 bits per heavy atom. The number of aromatic nitrogens is 1. The summed E-state index contributed by atoms with van der Waals surface area (Å²) in [7, 11) is 1.43. The van der Waals surface area contributed by atoms with Crippen molar-refractivity contribution in [3.63, 3.8) is 0 Å². The smallest absolute Gasteiger partial charge is 0.371 e. The second-order valence-electron chi connectivity index (χ2n) is 3.97. The van der Waals surface area contributed by atoms with Crippen molar-refractivity contribution in [2.75, 3.05) is 11.9 Å². The number of hydrogen-bond donors (Lipinski definition) is 1. The molecule has 1 fully saturated rings. The molecule has 0 bridgehead atoms. The van der Waals surface area contributed by atoms with Crippen LogP contribution in [0.15, 0.2) is 10.6 Å². The zero-order valence-electron chi connectivity index (χ0n) is 9.47. The molecule has 18 heavy (non-hydrogen) atoms. The van der Waals surface area contributed by atoms with Crippen molar-refractivity contribution in [2.24, 2.45) is 0 Å². The van der Waals surface area contributed by atoms with E-state index in [9.17, 15) is 23.1 Å². The largest absolute Gasteiger partial charge is 0.436 e. The number of urea groups is 1. The molecular formula is C9H10F3N3O3. The first-order valence-corrected chi connectivity index (χ1v) is 5.01. The maximum absolute atomic E-state index is 12.3. The number of rotatable bonds is 1. The van der Waals surface area contributed by atoms with Gasteiger partial charge in [0.05, 0.1) is 6.04 Å². The van der Waals surface area contributed by atoms with E-state index in [0.717, 1.165) is 4.90 Å². The summed E-state index contributed by atoms with van der Waals surface area (Å²) < 4.78 is 41.5. The highest BCUT2D eigenvalue weighted by atomic mass is 19.4. The Balaban J connectivity index is 2.33. The van der Waals surface area contributed by atoms with Gasteiger partial charge in [-0.1, -0.05) is 5.16 Å². The van der Waals surface area contributed by atoms with Crippen LogP contribution in [0.2, 0.25) is 0 Å². The number of hydrogen-bond acceptors (Lipinski definition) is 4. The molecule has 0 spiro atoms. The van der Waals surface area contributed by atoms with Crippen LogP contribution in [0.3, 0.4) is 0 Å². The number of carbonyl (C=O) groups is 1. The van der Waals surface area contributed by atoms with E-state index in [1.54, 1.807) is 6.92 Å². The molecule has 6 nitrogen and oxygen atoms in total. The van der Waals surface area contributed by atoms with Crippen LogP contribution in [0.25, 0.3) is 0 Å². The zero-order chi connectivity index (χ0) is 13.7. The van der Waals surface area contributed by atoms with Crippen molar-refractivity contribution >= 4 is 11.9 Å². The molecule has 2 atom stereocenters. The molecule has 1 aromatic heterocycles. The average molecular weight is 265 g/mol. The zero-order valence-corrected chi connectivity index (χ0v) is 9.47. The summed E-state index contributed by atoms with van der Waals surface area (Å²) in [5.41, 5.74) is -1.25. The van der Waals surface area contributed by atoms with Gasteiger partial charge in [0.2, 0.25) is 5.88 Å². The third-order valence-corrected chi connectivity index (χ3v) is 2.84. The number of carbonyl (C=O) groups excluding carboxylic acids is 1. The number of aliphatic hydroxyl groups excluding tert-OH is 1. The lowest BCUT2D eigenvalue weighted by molar-refractivity contribution is -0.142. The molecule has 9 heteroatoms. The van der Waals surface area contributed by atoms with Gasteiger partial charge in [0, 0.05) is 13.1 Å². The summed E-state index contributed by atoms with van der Waals surface area (Å²) in [6.07, 6.45) is -5.94. The summed E-state index contributed by atoms with van der Waals surface area (Å²) in [5.74, 6) is -0.434. The van der Waals surface area contributed by atoms with E-state index in [-0.39, 0.29) is 0 Å². The third kappa shape index (κ3) is 1.80. The average Bonchev–Trinajstić information content (AvgIpc) is 2.81. The normalized spacial score (nSPS) is 25.1. The molecule has 1 aliphatic heterocycles. The lowest BCUT2D eigenvalue weighted by atomic mass is 10.3. The van der Waals surface area contributed by atoms with E-state index in [0.29, 0.717) is 6.07 Å². The van der Waals surface area contributed by atoms with Gasteiger partial charge in [0.15, 0.2) is 11.9 Å². The van der Waals surface area contributed by atoms with Crippen LogP contribution in [0.1, 0.15) is 12.6 Å². The van der Waals surface area contributed by atoms with Crippen LogP contribution < -0.4 is 4.90 Å². The predicted octanol–water partition coefficient (Wildman–Crippen LogP) is 1.27. The van der Waals surface area contributed by atoms with Crippen LogP contribution in [0.5, 0.6) is 0 Å². The number of anilines is 1. The number of amides is 2. The van der Waals surface area contributed by atoms with Crippen LogP contribution in [0.4, 0.5) is 23.8 Å². The summed E-state index contributed by atoms with van der Waals surface area (Å²) in [4.78, 5) is 13.6. The summed E-state index contributed by atoms with van der Waals surface area (Å²) in [6.45, 7) is 1.56. The number of alkyl halides is 3. The lowest BCUT2D eigenvalue weighted by Crippen LogP contribution is -2.35. The maximum atomic E-state index is 12.3. The van der Waals surface area contributed by atoms with Crippen LogP contribution >= 0.6 is 0 Å². The van der Waals surface area contributed by atoms with Crippen molar-refractivity contribution in [1.82, 2.24) is 10.1 Å². The Morgan fingerprint density at radius 1 is 1.50 bits per heavy atom. The molecule has 2 heterocycles. The minimum atomic E-state index is -4.66. The predicted molar refractivity (Wildman–Crippen MR) is 52.6 cm³/mol. The Labute approximate surface area is 99.6 Å². The topological polar surface area (TPSA) is 69.8 Å². The SMILES string of the molecule is CC1C(O)N(c2cc(C(F)(F)F)no2)C(=O)N1C. The van der Waals surface area contributed by atoms with Gasteiger partial charge >= 0.3 is 12.2 Å². The molecule has 1 aromatic rings. The number of likely N-dealkylation sites (N-methyl/N-ethyl adjacent to an activating group) is 1. The van der Waals surface area contributed by atoms with E-state index in [1.807, 2.05) is 0 Å². The summed E-state index contributed by atoms with van der Waals surface area (Å²) in [6, 6.07) is -0.635. The highest BCUT2D eigenvalue weighted by molar-refractivity contribution is 5.93. The number of halogens is 3. The van der Waals surface area contributed by atoms with Crippen LogP contribution in [-0.2, 0) is 6.18 Å². The van der Waals surface area contributed by atoms with Crippen molar-refractivity contribution in [3.8, 4) is 0 Å². The van der Waals surface area contributed by atoms with E-state index in [1.165, 1.54) is 11.9 Å². The Hall–Kier alpha value is -1.77. The van der Waals surface area contributed by atoms with Gasteiger partial charge in [-0.3, -0.25) is 0 Å². The first-order valence-electron chi connectivity index (χ1n) is 5.01. The molecule has 100 valence electrons. The van der Waals surface area contributed by atoms with Crippen LogP contribution in [0, 0.1) is 0 Å². The van der Waals surface area contributed by atoms with Gasteiger partial charge in [0.25, 0.3) is 0 Å². The van der Waals surface area contributed by atoms with Crippen molar-refractivity contribution < 1.29 is 27.6 Å². The highest BCUT2D eigenvalue weighted by Crippen LogP contribution is 2.33.